The fourth-order valence-electron chi connectivity index (χ4n) is 2.64. The van der Waals surface area contributed by atoms with Gasteiger partial charge in [-0.15, -0.1) is 0 Å². The molecule has 0 radical (unpaired) electrons. The zero-order valence-corrected chi connectivity index (χ0v) is 14.5. The van der Waals surface area contributed by atoms with Gasteiger partial charge in [0.2, 0.25) is 5.91 Å². The molecule has 0 atom stereocenters. The number of nitrogens with one attached hydrogen (secondary N) is 1. The predicted molar refractivity (Wildman–Crippen MR) is 86.8 cm³/mol. The molecule has 0 spiro atoms. The Bertz CT molecular complexity index is 527. The van der Waals surface area contributed by atoms with Gasteiger partial charge < -0.3 is 10.1 Å². The number of amides is 1. The van der Waals surface area contributed by atoms with Gasteiger partial charge in [0.15, 0.2) is 0 Å². The second-order valence-electron chi connectivity index (χ2n) is 7.55. The van der Waals surface area contributed by atoms with Gasteiger partial charge in [0.05, 0.1) is 18.9 Å². The highest BCUT2D eigenvalue weighted by Gasteiger charge is 2.22. The molecule has 1 aliphatic rings. The maximum absolute atomic E-state index is 12.0. The number of hydrogen-bond donors (Lipinski definition) is 1. The Kier molecular flexibility index (Phi) is 5.27. The number of fused-ring (bicyclic) bond motifs is 1. The highest BCUT2D eigenvalue weighted by atomic mass is 16.5. The molecule has 1 amide bonds. The molecule has 5 nitrogen and oxygen atoms in total. The lowest BCUT2D eigenvalue weighted by Gasteiger charge is -2.18. The van der Waals surface area contributed by atoms with Crippen LogP contribution >= 0.6 is 0 Å². The Balaban J connectivity index is 2.00. The van der Waals surface area contributed by atoms with Crippen molar-refractivity contribution in [3.63, 3.8) is 0 Å². The van der Waals surface area contributed by atoms with Crippen LogP contribution < -0.4 is 5.32 Å². The highest BCUT2D eigenvalue weighted by Crippen LogP contribution is 2.24. The second kappa shape index (κ2) is 6.82. The van der Waals surface area contributed by atoms with E-state index in [0.29, 0.717) is 32.0 Å². The monoisotopic (exact) mass is 307 g/mol. The van der Waals surface area contributed by atoms with Crippen LogP contribution in [0.4, 0.5) is 0 Å². The SMILES string of the molecule is CC(C)n1nc(CCC(=O)NCC(C)(C)C)c2c1CCOC2. The summed E-state index contributed by atoms with van der Waals surface area (Å²) in [5, 5.41) is 7.73. The fraction of sp³-hybridized carbons (Fsp3) is 0.765. The van der Waals surface area contributed by atoms with E-state index in [1.807, 2.05) is 0 Å². The molecule has 2 rings (SSSR count). The van der Waals surface area contributed by atoms with Crippen molar-refractivity contribution in [2.75, 3.05) is 13.2 Å². The second-order valence-corrected chi connectivity index (χ2v) is 7.55. The molecule has 5 heteroatoms. The maximum Gasteiger partial charge on any atom is 0.220 e. The van der Waals surface area contributed by atoms with E-state index < -0.39 is 0 Å². The van der Waals surface area contributed by atoms with Gasteiger partial charge in [0.25, 0.3) is 0 Å². The van der Waals surface area contributed by atoms with Crippen LogP contribution in [0.25, 0.3) is 0 Å². The molecule has 0 aliphatic carbocycles. The van der Waals surface area contributed by atoms with E-state index in [-0.39, 0.29) is 11.3 Å². The van der Waals surface area contributed by atoms with Gasteiger partial charge in [-0.3, -0.25) is 9.48 Å². The minimum atomic E-state index is 0.0968. The maximum atomic E-state index is 12.0. The minimum absolute atomic E-state index is 0.0968. The van der Waals surface area contributed by atoms with Crippen molar-refractivity contribution in [2.45, 2.75) is 66.5 Å². The van der Waals surface area contributed by atoms with Crippen molar-refractivity contribution in [3.8, 4) is 0 Å². The molecule has 1 aromatic rings. The molecule has 0 bridgehead atoms. The van der Waals surface area contributed by atoms with Crippen LogP contribution in [0.3, 0.4) is 0 Å². The van der Waals surface area contributed by atoms with E-state index >= 15 is 0 Å². The van der Waals surface area contributed by atoms with Crippen molar-refractivity contribution in [1.29, 1.82) is 0 Å². The number of carbonyl (C=O) groups is 1. The molecule has 2 heterocycles. The summed E-state index contributed by atoms with van der Waals surface area (Å²) in [7, 11) is 0. The van der Waals surface area contributed by atoms with Crippen LogP contribution in [-0.2, 0) is 29.0 Å². The van der Waals surface area contributed by atoms with Crippen LogP contribution in [0.15, 0.2) is 0 Å². The zero-order valence-electron chi connectivity index (χ0n) is 14.5. The third-order valence-corrected chi connectivity index (χ3v) is 3.83. The molecular formula is C17H29N3O2. The van der Waals surface area contributed by atoms with E-state index in [2.05, 4.69) is 44.6 Å². The average Bonchev–Trinajstić information content (AvgIpc) is 2.81. The summed E-state index contributed by atoms with van der Waals surface area (Å²) < 4.78 is 7.67. The number of rotatable bonds is 5. The Morgan fingerprint density at radius 1 is 1.41 bits per heavy atom. The fourth-order valence-corrected chi connectivity index (χ4v) is 2.64. The number of aryl methyl sites for hydroxylation is 1. The summed E-state index contributed by atoms with van der Waals surface area (Å²) in [5.74, 6) is 0.0968. The first-order chi connectivity index (χ1) is 10.3. The third-order valence-electron chi connectivity index (χ3n) is 3.83. The number of ether oxygens (including phenoxy) is 1. The average molecular weight is 307 g/mol. The van der Waals surface area contributed by atoms with E-state index in [9.17, 15) is 4.79 Å². The Morgan fingerprint density at radius 3 is 2.77 bits per heavy atom. The van der Waals surface area contributed by atoms with E-state index in [1.165, 1.54) is 11.3 Å². The normalized spacial score (nSPS) is 15.0. The minimum Gasteiger partial charge on any atom is -0.376 e. The Morgan fingerprint density at radius 2 is 2.14 bits per heavy atom. The highest BCUT2D eigenvalue weighted by molar-refractivity contribution is 5.76. The van der Waals surface area contributed by atoms with E-state index in [0.717, 1.165) is 18.7 Å². The van der Waals surface area contributed by atoms with Crippen molar-refractivity contribution < 1.29 is 9.53 Å². The van der Waals surface area contributed by atoms with Crippen LogP contribution in [0.2, 0.25) is 0 Å². The molecule has 0 fully saturated rings. The molecule has 124 valence electrons. The molecule has 0 saturated carbocycles. The van der Waals surface area contributed by atoms with Crippen molar-refractivity contribution in [1.82, 2.24) is 15.1 Å². The standard InChI is InChI=1S/C17H29N3O2/c1-12(2)20-15-8-9-22-10-13(15)14(19-20)6-7-16(21)18-11-17(3,4)5/h12H,6-11H2,1-5H3,(H,18,21). The largest absolute Gasteiger partial charge is 0.376 e. The van der Waals surface area contributed by atoms with Gasteiger partial charge in [-0.1, -0.05) is 20.8 Å². The van der Waals surface area contributed by atoms with Gasteiger partial charge >= 0.3 is 0 Å². The van der Waals surface area contributed by atoms with Crippen LogP contribution in [0.5, 0.6) is 0 Å². The summed E-state index contributed by atoms with van der Waals surface area (Å²) in [5.41, 5.74) is 3.62. The van der Waals surface area contributed by atoms with Crippen LogP contribution in [0, 0.1) is 5.41 Å². The molecule has 0 aromatic carbocycles. The molecule has 1 aliphatic heterocycles. The lowest BCUT2D eigenvalue weighted by Crippen LogP contribution is -2.32. The smallest absolute Gasteiger partial charge is 0.220 e. The quantitative estimate of drug-likeness (QED) is 0.910. The Hall–Kier alpha value is -1.36. The number of carbonyl (C=O) groups excluding carboxylic acids is 1. The van der Waals surface area contributed by atoms with Crippen molar-refractivity contribution in [2.24, 2.45) is 5.41 Å². The van der Waals surface area contributed by atoms with Gasteiger partial charge in [0, 0.05) is 43.1 Å². The summed E-state index contributed by atoms with van der Waals surface area (Å²) >= 11 is 0. The summed E-state index contributed by atoms with van der Waals surface area (Å²) in [6.07, 6.45) is 2.08. The lowest BCUT2D eigenvalue weighted by molar-refractivity contribution is -0.121. The summed E-state index contributed by atoms with van der Waals surface area (Å²) in [4.78, 5) is 12.0. The first kappa shape index (κ1) is 17.0. The lowest BCUT2D eigenvalue weighted by atomic mass is 9.97. The zero-order chi connectivity index (χ0) is 16.3. The number of nitrogens with zero attached hydrogens (tertiary/aromatic N) is 2. The molecule has 22 heavy (non-hydrogen) atoms. The first-order valence-corrected chi connectivity index (χ1v) is 8.21. The topological polar surface area (TPSA) is 56.2 Å². The summed E-state index contributed by atoms with van der Waals surface area (Å²) in [6, 6.07) is 0.343. The van der Waals surface area contributed by atoms with Gasteiger partial charge in [-0.25, -0.2) is 0 Å². The predicted octanol–water partition coefficient (Wildman–Crippen LogP) is 2.63. The number of hydrogen-bond acceptors (Lipinski definition) is 3. The van der Waals surface area contributed by atoms with Crippen LogP contribution in [-0.4, -0.2) is 28.8 Å². The van der Waals surface area contributed by atoms with E-state index in [1.54, 1.807) is 0 Å². The van der Waals surface area contributed by atoms with Crippen molar-refractivity contribution >= 4 is 5.91 Å². The molecule has 1 N–H and O–H groups in total. The van der Waals surface area contributed by atoms with Gasteiger partial charge in [-0.2, -0.15) is 5.10 Å². The molecule has 0 unspecified atom stereocenters. The molecule has 0 saturated heterocycles. The first-order valence-electron chi connectivity index (χ1n) is 8.21. The van der Waals surface area contributed by atoms with Crippen LogP contribution in [0.1, 0.15) is 64.0 Å². The number of aromatic nitrogens is 2. The third kappa shape index (κ3) is 4.32. The summed E-state index contributed by atoms with van der Waals surface area (Å²) in [6.45, 7) is 12.7. The van der Waals surface area contributed by atoms with Gasteiger partial charge in [0.1, 0.15) is 0 Å². The van der Waals surface area contributed by atoms with Gasteiger partial charge in [-0.05, 0) is 19.3 Å². The Labute approximate surface area is 133 Å². The van der Waals surface area contributed by atoms with Crippen molar-refractivity contribution in [3.05, 3.63) is 17.0 Å². The van der Waals surface area contributed by atoms with E-state index in [4.69, 9.17) is 9.84 Å². The molecular weight excluding hydrogens is 278 g/mol. The molecule has 1 aromatic heterocycles.